The average molecular weight is 217 g/mol. The molecule has 0 radical (unpaired) electrons. The number of rotatable bonds is 2. The molecule has 11 heavy (non-hydrogen) atoms. The van der Waals surface area contributed by atoms with E-state index < -0.39 is 6.10 Å². The summed E-state index contributed by atoms with van der Waals surface area (Å²) in [5.74, 6) is 0. The summed E-state index contributed by atoms with van der Waals surface area (Å²) in [7, 11) is 0. The quantitative estimate of drug-likeness (QED) is 0.721. The molecule has 3 nitrogen and oxygen atoms in total. The van der Waals surface area contributed by atoms with Gasteiger partial charge in [0.25, 0.3) is 0 Å². The second-order valence-electron chi connectivity index (χ2n) is 2.14. The molecule has 0 aromatic carbocycles. The molecule has 0 saturated heterocycles. The van der Waals surface area contributed by atoms with Gasteiger partial charge in [-0.25, -0.2) is 4.98 Å². The summed E-state index contributed by atoms with van der Waals surface area (Å²) in [6.45, 7) is 0.198. The molecular formula is C7H9BrN2O. The van der Waals surface area contributed by atoms with E-state index in [9.17, 15) is 5.11 Å². The lowest BCUT2D eigenvalue weighted by atomic mass is 10.2. The van der Waals surface area contributed by atoms with Gasteiger partial charge in [-0.1, -0.05) is 6.07 Å². The Bertz CT molecular complexity index is 242. The Balaban J connectivity index is 2.86. The Morgan fingerprint density at radius 1 is 1.64 bits per heavy atom. The lowest BCUT2D eigenvalue weighted by Gasteiger charge is -2.05. The standard InChI is InChI=1S/C7H9BrN2O/c8-7-3-1-2-5(10-7)6(11)4-9/h1-3,6,11H,4,9H2. The van der Waals surface area contributed by atoms with Crippen molar-refractivity contribution in [3.05, 3.63) is 28.5 Å². The number of halogens is 1. The van der Waals surface area contributed by atoms with Gasteiger partial charge in [-0.15, -0.1) is 0 Å². The van der Waals surface area contributed by atoms with Gasteiger partial charge < -0.3 is 10.8 Å². The zero-order chi connectivity index (χ0) is 8.27. The third-order valence-electron chi connectivity index (χ3n) is 1.30. The van der Waals surface area contributed by atoms with Crippen LogP contribution in [0.3, 0.4) is 0 Å². The molecule has 1 atom stereocenters. The number of nitrogens with two attached hydrogens (primary N) is 1. The van der Waals surface area contributed by atoms with Crippen LogP contribution in [0.25, 0.3) is 0 Å². The van der Waals surface area contributed by atoms with Crippen LogP contribution >= 0.6 is 15.9 Å². The van der Waals surface area contributed by atoms with Gasteiger partial charge in [0.05, 0.1) is 5.69 Å². The van der Waals surface area contributed by atoms with Crippen molar-refractivity contribution in [1.82, 2.24) is 4.98 Å². The van der Waals surface area contributed by atoms with E-state index in [1.165, 1.54) is 0 Å². The highest BCUT2D eigenvalue weighted by Gasteiger charge is 2.05. The Kier molecular flexibility index (Phi) is 2.99. The Labute approximate surface area is 73.4 Å². The van der Waals surface area contributed by atoms with Crippen molar-refractivity contribution in [3.8, 4) is 0 Å². The first kappa shape index (κ1) is 8.64. The molecule has 0 spiro atoms. The normalized spacial score (nSPS) is 13.0. The molecule has 1 heterocycles. The van der Waals surface area contributed by atoms with Crippen LogP contribution in [0, 0.1) is 0 Å². The van der Waals surface area contributed by atoms with Crippen LogP contribution in [0.2, 0.25) is 0 Å². The fourth-order valence-corrected chi connectivity index (χ4v) is 1.09. The molecule has 0 aliphatic rings. The van der Waals surface area contributed by atoms with Gasteiger partial charge in [-0.2, -0.15) is 0 Å². The predicted molar refractivity (Wildman–Crippen MR) is 46.0 cm³/mol. The first-order valence-electron chi connectivity index (χ1n) is 3.24. The van der Waals surface area contributed by atoms with E-state index in [0.29, 0.717) is 10.3 Å². The topological polar surface area (TPSA) is 59.1 Å². The van der Waals surface area contributed by atoms with E-state index in [4.69, 9.17) is 5.73 Å². The van der Waals surface area contributed by atoms with Gasteiger partial charge in [-0.05, 0) is 28.1 Å². The van der Waals surface area contributed by atoms with Crippen molar-refractivity contribution >= 4 is 15.9 Å². The highest BCUT2D eigenvalue weighted by atomic mass is 79.9. The molecule has 1 unspecified atom stereocenters. The molecule has 3 N–H and O–H groups in total. The minimum Gasteiger partial charge on any atom is -0.385 e. The number of aliphatic hydroxyl groups excluding tert-OH is 1. The van der Waals surface area contributed by atoms with Crippen molar-refractivity contribution in [2.75, 3.05) is 6.54 Å². The van der Waals surface area contributed by atoms with Crippen LogP contribution in [-0.4, -0.2) is 16.6 Å². The smallest absolute Gasteiger partial charge is 0.108 e. The van der Waals surface area contributed by atoms with Gasteiger partial charge >= 0.3 is 0 Å². The maximum atomic E-state index is 9.25. The van der Waals surface area contributed by atoms with Crippen LogP contribution < -0.4 is 5.73 Å². The van der Waals surface area contributed by atoms with E-state index in [0.717, 1.165) is 0 Å². The van der Waals surface area contributed by atoms with Gasteiger partial charge in [0, 0.05) is 6.54 Å². The average Bonchev–Trinajstić information content (AvgIpc) is 2.03. The Morgan fingerprint density at radius 3 is 2.91 bits per heavy atom. The predicted octanol–water partition coefficient (Wildman–Crippen LogP) is 0.836. The minimum atomic E-state index is -0.660. The summed E-state index contributed by atoms with van der Waals surface area (Å²) in [6, 6.07) is 5.35. The number of aliphatic hydroxyl groups is 1. The number of hydrogen-bond donors (Lipinski definition) is 2. The first-order valence-corrected chi connectivity index (χ1v) is 4.04. The second kappa shape index (κ2) is 3.80. The fraction of sp³-hybridized carbons (Fsp3) is 0.286. The van der Waals surface area contributed by atoms with E-state index in [1.54, 1.807) is 12.1 Å². The zero-order valence-electron chi connectivity index (χ0n) is 5.87. The molecule has 0 fully saturated rings. The summed E-state index contributed by atoms with van der Waals surface area (Å²) < 4.78 is 0.711. The number of nitrogens with zero attached hydrogens (tertiary/aromatic N) is 1. The van der Waals surface area contributed by atoms with Gasteiger partial charge in [0.1, 0.15) is 10.7 Å². The third kappa shape index (κ3) is 2.25. The molecule has 60 valence electrons. The maximum absolute atomic E-state index is 9.25. The number of aromatic nitrogens is 1. The zero-order valence-corrected chi connectivity index (χ0v) is 7.45. The van der Waals surface area contributed by atoms with Gasteiger partial charge in [0.15, 0.2) is 0 Å². The highest BCUT2D eigenvalue weighted by molar-refractivity contribution is 9.10. The maximum Gasteiger partial charge on any atom is 0.108 e. The lowest BCUT2D eigenvalue weighted by Crippen LogP contribution is -2.12. The Morgan fingerprint density at radius 2 is 2.36 bits per heavy atom. The minimum absolute atomic E-state index is 0.198. The first-order chi connectivity index (χ1) is 5.24. The largest absolute Gasteiger partial charge is 0.385 e. The van der Waals surface area contributed by atoms with Crippen LogP contribution in [0.5, 0.6) is 0 Å². The molecule has 0 aliphatic heterocycles. The van der Waals surface area contributed by atoms with Crippen molar-refractivity contribution < 1.29 is 5.11 Å². The van der Waals surface area contributed by atoms with Crippen LogP contribution in [0.1, 0.15) is 11.8 Å². The van der Waals surface area contributed by atoms with Crippen molar-refractivity contribution in [3.63, 3.8) is 0 Å². The third-order valence-corrected chi connectivity index (χ3v) is 1.74. The van der Waals surface area contributed by atoms with E-state index in [-0.39, 0.29) is 6.54 Å². The molecule has 0 aliphatic carbocycles. The molecule has 0 saturated carbocycles. The SMILES string of the molecule is NCC(O)c1cccc(Br)n1. The summed E-state index contributed by atoms with van der Waals surface area (Å²) in [5.41, 5.74) is 5.85. The van der Waals surface area contributed by atoms with E-state index >= 15 is 0 Å². The number of pyridine rings is 1. The molecule has 0 bridgehead atoms. The van der Waals surface area contributed by atoms with Gasteiger partial charge in [0.2, 0.25) is 0 Å². The summed E-state index contributed by atoms with van der Waals surface area (Å²) >= 11 is 3.20. The van der Waals surface area contributed by atoms with Crippen molar-refractivity contribution in [1.29, 1.82) is 0 Å². The van der Waals surface area contributed by atoms with E-state index in [1.807, 2.05) is 6.07 Å². The second-order valence-corrected chi connectivity index (χ2v) is 2.95. The molecule has 1 aromatic rings. The summed E-state index contributed by atoms with van der Waals surface area (Å²) in [6.07, 6.45) is -0.660. The van der Waals surface area contributed by atoms with Crippen molar-refractivity contribution in [2.45, 2.75) is 6.10 Å². The van der Waals surface area contributed by atoms with Crippen LogP contribution in [0.4, 0.5) is 0 Å². The molecular weight excluding hydrogens is 208 g/mol. The molecule has 4 heteroatoms. The molecule has 1 aromatic heterocycles. The molecule has 1 rings (SSSR count). The molecule has 0 amide bonds. The summed E-state index contributed by atoms with van der Waals surface area (Å²) in [4.78, 5) is 4.03. The Hall–Kier alpha value is -0.450. The summed E-state index contributed by atoms with van der Waals surface area (Å²) in [5, 5.41) is 9.25. The van der Waals surface area contributed by atoms with Gasteiger partial charge in [-0.3, -0.25) is 0 Å². The lowest BCUT2D eigenvalue weighted by molar-refractivity contribution is 0.181. The van der Waals surface area contributed by atoms with Crippen molar-refractivity contribution in [2.24, 2.45) is 5.73 Å². The van der Waals surface area contributed by atoms with E-state index in [2.05, 4.69) is 20.9 Å². The number of hydrogen-bond acceptors (Lipinski definition) is 3. The highest BCUT2D eigenvalue weighted by Crippen LogP contribution is 2.11. The monoisotopic (exact) mass is 216 g/mol. The van der Waals surface area contributed by atoms with Crippen LogP contribution in [-0.2, 0) is 0 Å². The van der Waals surface area contributed by atoms with Crippen LogP contribution in [0.15, 0.2) is 22.8 Å². The fourth-order valence-electron chi connectivity index (χ4n) is 0.730.